The molecule has 0 bridgehead atoms. The van der Waals surface area contributed by atoms with Gasteiger partial charge in [0.05, 0.1) is 0 Å². The molecular weight excluding hydrogens is 471 g/mol. The molecule has 0 amide bonds. The van der Waals surface area contributed by atoms with Gasteiger partial charge in [-0.05, 0) is 54.9 Å². The lowest BCUT2D eigenvalue weighted by Gasteiger charge is -2.20. The highest BCUT2D eigenvalue weighted by Crippen LogP contribution is 2.47. The van der Waals surface area contributed by atoms with Crippen LogP contribution in [-0.4, -0.2) is 11.1 Å². The van der Waals surface area contributed by atoms with Crippen LogP contribution in [0.5, 0.6) is 0 Å². The molecule has 0 aliphatic carbocycles. The number of nitrogens with one attached hydrogen (secondary N) is 1. The van der Waals surface area contributed by atoms with Gasteiger partial charge in [-0.2, -0.15) is 0 Å². The molecule has 1 aromatic heterocycles. The molecular formula is C30H40ClN2OP. The number of aromatic amines is 1. The molecule has 1 heterocycles. The van der Waals surface area contributed by atoms with Crippen molar-refractivity contribution in [2.45, 2.75) is 47.5 Å². The number of H-pyrrole nitrogens is 1. The summed E-state index contributed by atoms with van der Waals surface area (Å²) < 4.78 is 14.6. The summed E-state index contributed by atoms with van der Waals surface area (Å²) in [6.07, 6.45) is 11.2. The summed E-state index contributed by atoms with van der Waals surface area (Å²) in [5, 5.41) is 3.40. The van der Waals surface area contributed by atoms with Crippen LogP contribution in [0.15, 0.2) is 91.7 Å². The standard InChI is InChI=1S/C26H29ClNOP.C2H5N.C2H6/c1-5-10-20(11-6-2)17-25-26(23-18-21(27)14-15-24(23)28-25)30(29,8-4)22-13-9-12-19(7-3)16-22;1-2-3;1-2/h5-6,9-16,18,28H,1,7-8,17H2,2-4H3;2H,1,3H2;1-2H3/b11-6-,20-10+;;. The molecule has 35 heavy (non-hydrogen) atoms. The molecule has 3 rings (SSSR count). The normalized spacial score (nSPS) is 12.8. The van der Waals surface area contributed by atoms with Crippen LogP contribution in [0.25, 0.3) is 10.9 Å². The van der Waals surface area contributed by atoms with Gasteiger partial charge in [0.1, 0.15) is 7.14 Å². The van der Waals surface area contributed by atoms with Crippen LogP contribution in [0.2, 0.25) is 5.02 Å². The zero-order valence-electron chi connectivity index (χ0n) is 21.8. The van der Waals surface area contributed by atoms with E-state index in [9.17, 15) is 4.57 Å². The first-order valence-electron chi connectivity index (χ1n) is 12.1. The van der Waals surface area contributed by atoms with Gasteiger partial charge in [0, 0.05) is 44.8 Å². The fourth-order valence-corrected chi connectivity index (χ4v) is 6.92. The van der Waals surface area contributed by atoms with Crippen molar-refractivity contribution >= 4 is 40.3 Å². The molecule has 0 saturated heterocycles. The molecule has 3 aromatic rings. The van der Waals surface area contributed by atoms with Crippen molar-refractivity contribution in [2.24, 2.45) is 5.73 Å². The Labute approximate surface area is 216 Å². The topological polar surface area (TPSA) is 58.9 Å². The monoisotopic (exact) mass is 510 g/mol. The molecule has 3 nitrogen and oxygen atoms in total. The SMILES string of the molecule is C=C/C=C(\C=C/C)Cc1[nH]c2ccc(Cl)cc2c1P(=O)(CC)c1cccc(CC)c1.C=CN.CC. The van der Waals surface area contributed by atoms with Gasteiger partial charge in [0.2, 0.25) is 0 Å². The summed E-state index contributed by atoms with van der Waals surface area (Å²) in [7, 11) is -2.86. The van der Waals surface area contributed by atoms with Gasteiger partial charge in [0.25, 0.3) is 0 Å². The summed E-state index contributed by atoms with van der Waals surface area (Å²) in [6, 6.07) is 14.0. The molecule has 0 spiro atoms. The molecule has 2 aromatic carbocycles. The van der Waals surface area contributed by atoms with Gasteiger partial charge in [-0.15, -0.1) is 0 Å². The lowest BCUT2D eigenvalue weighted by Crippen LogP contribution is -2.21. The molecule has 0 saturated carbocycles. The molecule has 188 valence electrons. The molecule has 1 unspecified atom stereocenters. The average Bonchev–Trinajstić information content (AvgIpc) is 3.23. The minimum atomic E-state index is -2.86. The van der Waals surface area contributed by atoms with Gasteiger partial charge in [-0.25, -0.2) is 0 Å². The molecule has 3 N–H and O–H groups in total. The van der Waals surface area contributed by atoms with Gasteiger partial charge >= 0.3 is 0 Å². The van der Waals surface area contributed by atoms with E-state index >= 15 is 0 Å². The third-order valence-corrected chi connectivity index (χ3v) is 8.92. The van der Waals surface area contributed by atoms with Gasteiger partial charge in [-0.3, -0.25) is 0 Å². The molecule has 0 fully saturated rings. The first kappa shape index (κ1) is 30.3. The van der Waals surface area contributed by atoms with Crippen molar-refractivity contribution < 1.29 is 4.57 Å². The number of hydrogen-bond acceptors (Lipinski definition) is 2. The Morgan fingerprint density at radius 3 is 2.40 bits per heavy atom. The van der Waals surface area contributed by atoms with Crippen LogP contribution in [0, 0.1) is 0 Å². The number of nitrogens with two attached hydrogens (primary N) is 1. The summed E-state index contributed by atoms with van der Waals surface area (Å²) in [4.78, 5) is 3.54. The highest BCUT2D eigenvalue weighted by atomic mass is 35.5. The average molecular weight is 511 g/mol. The van der Waals surface area contributed by atoms with Gasteiger partial charge in [0.15, 0.2) is 0 Å². The highest BCUT2D eigenvalue weighted by Gasteiger charge is 2.32. The summed E-state index contributed by atoms with van der Waals surface area (Å²) >= 11 is 6.35. The molecule has 0 aliphatic heterocycles. The summed E-state index contributed by atoms with van der Waals surface area (Å²) in [5.41, 5.74) is 8.85. The third-order valence-electron chi connectivity index (χ3n) is 5.44. The third kappa shape index (κ3) is 7.62. The van der Waals surface area contributed by atoms with Crippen molar-refractivity contribution in [1.29, 1.82) is 0 Å². The Morgan fingerprint density at radius 1 is 1.14 bits per heavy atom. The van der Waals surface area contributed by atoms with E-state index in [-0.39, 0.29) is 0 Å². The van der Waals surface area contributed by atoms with E-state index in [4.69, 9.17) is 11.6 Å². The first-order chi connectivity index (χ1) is 16.9. The lowest BCUT2D eigenvalue weighted by atomic mass is 10.1. The Balaban J connectivity index is 0.00000114. The number of hydrogen-bond donors (Lipinski definition) is 2. The second-order valence-corrected chi connectivity index (χ2v) is 11.1. The number of aryl methyl sites for hydroxylation is 1. The summed E-state index contributed by atoms with van der Waals surface area (Å²) in [6.45, 7) is 17.1. The summed E-state index contributed by atoms with van der Waals surface area (Å²) in [5.74, 6) is 0. The fourth-order valence-electron chi connectivity index (χ4n) is 3.96. The zero-order valence-corrected chi connectivity index (χ0v) is 23.4. The van der Waals surface area contributed by atoms with Crippen molar-refractivity contribution in [3.05, 3.63) is 108 Å². The number of fused-ring (bicyclic) bond motifs is 1. The quantitative estimate of drug-likeness (QED) is 0.238. The van der Waals surface area contributed by atoms with Crippen LogP contribution < -0.4 is 16.3 Å². The number of benzene rings is 2. The Kier molecular flexibility index (Phi) is 13.2. The minimum Gasteiger partial charge on any atom is -0.405 e. The van der Waals surface area contributed by atoms with E-state index in [2.05, 4.69) is 49.0 Å². The van der Waals surface area contributed by atoms with E-state index in [0.29, 0.717) is 17.6 Å². The number of aromatic nitrogens is 1. The van der Waals surface area contributed by atoms with Gasteiger partial charge < -0.3 is 15.3 Å². The van der Waals surface area contributed by atoms with Crippen molar-refractivity contribution in [3.8, 4) is 0 Å². The first-order valence-corrected chi connectivity index (χ1v) is 14.4. The highest BCUT2D eigenvalue weighted by molar-refractivity contribution is 7.79. The van der Waals surface area contributed by atoms with Crippen molar-refractivity contribution in [3.63, 3.8) is 0 Å². The van der Waals surface area contributed by atoms with Crippen LogP contribution in [0.3, 0.4) is 0 Å². The number of allylic oxidation sites excluding steroid dienone is 5. The molecule has 1 atom stereocenters. The molecule has 0 radical (unpaired) electrons. The van der Waals surface area contributed by atoms with Crippen LogP contribution in [-0.2, 0) is 17.4 Å². The minimum absolute atomic E-state index is 0.552. The lowest BCUT2D eigenvalue weighted by molar-refractivity contribution is 0.587. The van der Waals surface area contributed by atoms with Crippen LogP contribution >= 0.6 is 18.7 Å². The predicted molar refractivity (Wildman–Crippen MR) is 159 cm³/mol. The van der Waals surface area contributed by atoms with Crippen LogP contribution in [0.4, 0.5) is 0 Å². The largest absolute Gasteiger partial charge is 0.405 e. The van der Waals surface area contributed by atoms with Crippen molar-refractivity contribution in [2.75, 3.05) is 6.16 Å². The second kappa shape index (κ2) is 15.3. The number of rotatable bonds is 8. The maximum absolute atomic E-state index is 14.6. The van der Waals surface area contributed by atoms with Gasteiger partial charge in [-0.1, -0.05) is 95.0 Å². The second-order valence-electron chi connectivity index (χ2n) is 7.61. The Hall–Kier alpha value is -2.74. The van der Waals surface area contributed by atoms with Crippen LogP contribution in [0.1, 0.15) is 45.9 Å². The Bertz CT molecular complexity index is 1220. The molecule has 0 aliphatic rings. The van der Waals surface area contributed by atoms with E-state index in [1.165, 1.54) is 11.8 Å². The van der Waals surface area contributed by atoms with Crippen molar-refractivity contribution in [1.82, 2.24) is 4.98 Å². The predicted octanol–water partition coefficient (Wildman–Crippen LogP) is 8.06. The van der Waals surface area contributed by atoms with E-state index < -0.39 is 7.14 Å². The molecule has 5 heteroatoms. The Morgan fingerprint density at radius 2 is 1.83 bits per heavy atom. The smallest absolute Gasteiger partial charge is 0.145 e. The number of halogens is 1. The maximum Gasteiger partial charge on any atom is 0.145 e. The maximum atomic E-state index is 14.6. The fraction of sp³-hybridized carbons (Fsp3) is 0.267. The van der Waals surface area contributed by atoms with E-state index in [0.717, 1.165) is 39.2 Å². The van der Waals surface area contributed by atoms with E-state index in [1.54, 1.807) is 6.08 Å². The zero-order chi connectivity index (χ0) is 26.4. The van der Waals surface area contributed by atoms with E-state index in [1.807, 2.05) is 70.2 Å².